The number of hydrogen-bond acceptors (Lipinski definition) is 3. The van der Waals surface area contributed by atoms with Crippen LogP contribution in [0.15, 0.2) is 12.1 Å². The molecule has 0 amide bonds. The Bertz CT molecular complexity index is 354. The summed E-state index contributed by atoms with van der Waals surface area (Å²) >= 11 is 17.7. The molecule has 0 aliphatic heterocycles. The number of halogens is 3. The fraction of sp³-hybridized carbons (Fsp3) is 0.400. The molecule has 1 rings (SSSR count). The van der Waals surface area contributed by atoms with Gasteiger partial charge in [0.25, 0.3) is 0 Å². The van der Waals surface area contributed by atoms with Crippen molar-refractivity contribution < 1.29 is 10.2 Å². The molecule has 0 unspecified atom stereocenters. The lowest BCUT2D eigenvalue weighted by Gasteiger charge is -2.24. The van der Waals surface area contributed by atoms with Crippen molar-refractivity contribution in [1.82, 2.24) is 0 Å². The largest absolute Gasteiger partial charge is 0.395 e. The first-order valence-electron chi connectivity index (χ1n) is 4.71. The Labute approximate surface area is 109 Å². The second kappa shape index (κ2) is 6.52. The number of anilines is 1. The van der Waals surface area contributed by atoms with E-state index in [4.69, 9.17) is 45.0 Å². The normalized spacial score (nSPS) is 10.6. The zero-order chi connectivity index (χ0) is 12.1. The van der Waals surface area contributed by atoms with E-state index < -0.39 is 0 Å². The molecule has 16 heavy (non-hydrogen) atoms. The maximum absolute atomic E-state index is 8.91. The summed E-state index contributed by atoms with van der Waals surface area (Å²) in [4.78, 5) is 1.74. The van der Waals surface area contributed by atoms with Crippen molar-refractivity contribution in [3.05, 3.63) is 27.2 Å². The fourth-order valence-electron chi connectivity index (χ4n) is 1.35. The first-order chi connectivity index (χ1) is 7.60. The molecular weight excluding hydrogens is 272 g/mol. The summed E-state index contributed by atoms with van der Waals surface area (Å²) in [5, 5.41) is 19.0. The van der Waals surface area contributed by atoms with Crippen LogP contribution >= 0.6 is 34.8 Å². The Hall–Kier alpha value is -0.190. The molecule has 1 aromatic carbocycles. The molecule has 0 heterocycles. The average Bonchev–Trinajstić information content (AvgIpc) is 2.23. The fourth-order valence-corrected chi connectivity index (χ4v) is 2.01. The van der Waals surface area contributed by atoms with Gasteiger partial charge in [-0.3, -0.25) is 0 Å². The number of aliphatic hydroxyl groups is 2. The molecule has 0 bridgehead atoms. The molecule has 3 nitrogen and oxygen atoms in total. The Balaban J connectivity index is 3.03. The summed E-state index contributed by atoms with van der Waals surface area (Å²) in [6, 6.07) is 3.17. The van der Waals surface area contributed by atoms with Crippen LogP contribution in [0.25, 0.3) is 0 Å². The van der Waals surface area contributed by atoms with E-state index in [1.807, 2.05) is 0 Å². The molecule has 0 spiro atoms. The van der Waals surface area contributed by atoms with Gasteiger partial charge in [-0.2, -0.15) is 0 Å². The van der Waals surface area contributed by atoms with Gasteiger partial charge in [0.05, 0.1) is 34.0 Å². The third-order valence-electron chi connectivity index (χ3n) is 2.07. The van der Waals surface area contributed by atoms with Crippen LogP contribution in [0.5, 0.6) is 0 Å². The standard InChI is InChI=1S/C10H12Cl3NO2/c11-7-5-9(13)10(6-8(7)12)14(1-3-15)2-4-16/h5-6,15-16H,1-4H2. The number of benzene rings is 1. The first kappa shape index (κ1) is 13.9. The lowest BCUT2D eigenvalue weighted by atomic mass is 10.2. The number of rotatable bonds is 5. The van der Waals surface area contributed by atoms with Gasteiger partial charge in [-0.05, 0) is 12.1 Å². The number of aliphatic hydroxyl groups excluding tert-OH is 2. The van der Waals surface area contributed by atoms with Gasteiger partial charge in [-0.1, -0.05) is 34.8 Å². The van der Waals surface area contributed by atoms with Crippen molar-refractivity contribution in [2.75, 3.05) is 31.2 Å². The zero-order valence-corrected chi connectivity index (χ0v) is 10.7. The van der Waals surface area contributed by atoms with Crippen molar-refractivity contribution >= 4 is 40.5 Å². The third-order valence-corrected chi connectivity index (χ3v) is 3.10. The zero-order valence-electron chi connectivity index (χ0n) is 8.46. The van der Waals surface area contributed by atoms with E-state index in [0.29, 0.717) is 33.8 Å². The van der Waals surface area contributed by atoms with E-state index in [-0.39, 0.29) is 13.2 Å². The molecule has 2 N–H and O–H groups in total. The summed E-state index contributed by atoms with van der Waals surface area (Å²) in [6.45, 7) is 0.684. The molecule has 0 aliphatic carbocycles. The van der Waals surface area contributed by atoms with Gasteiger partial charge in [0.2, 0.25) is 0 Å². The van der Waals surface area contributed by atoms with Crippen LogP contribution in [-0.4, -0.2) is 36.5 Å². The van der Waals surface area contributed by atoms with Crippen LogP contribution in [0, 0.1) is 0 Å². The second-order valence-electron chi connectivity index (χ2n) is 3.15. The second-order valence-corrected chi connectivity index (χ2v) is 4.37. The minimum Gasteiger partial charge on any atom is -0.395 e. The minimum absolute atomic E-state index is 0.0312. The molecule has 0 saturated carbocycles. The van der Waals surface area contributed by atoms with E-state index in [1.54, 1.807) is 17.0 Å². The van der Waals surface area contributed by atoms with Crippen LogP contribution in [0.1, 0.15) is 0 Å². The van der Waals surface area contributed by atoms with Gasteiger partial charge in [-0.15, -0.1) is 0 Å². The van der Waals surface area contributed by atoms with Crippen LogP contribution in [0.4, 0.5) is 5.69 Å². The van der Waals surface area contributed by atoms with Crippen LogP contribution in [0.3, 0.4) is 0 Å². The highest BCUT2D eigenvalue weighted by atomic mass is 35.5. The summed E-state index contributed by atoms with van der Waals surface area (Å²) in [6.07, 6.45) is 0. The van der Waals surface area contributed by atoms with E-state index in [0.717, 1.165) is 0 Å². The topological polar surface area (TPSA) is 43.7 Å². The van der Waals surface area contributed by atoms with E-state index in [9.17, 15) is 0 Å². The summed E-state index contributed by atoms with van der Waals surface area (Å²) in [7, 11) is 0. The molecule has 0 radical (unpaired) electrons. The highest BCUT2D eigenvalue weighted by Crippen LogP contribution is 2.34. The van der Waals surface area contributed by atoms with E-state index in [2.05, 4.69) is 0 Å². The van der Waals surface area contributed by atoms with Gasteiger partial charge in [0, 0.05) is 13.1 Å². The van der Waals surface area contributed by atoms with Gasteiger partial charge < -0.3 is 15.1 Å². The third kappa shape index (κ3) is 3.40. The lowest BCUT2D eigenvalue weighted by molar-refractivity contribution is 0.281. The monoisotopic (exact) mass is 283 g/mol. The first-order valence-corrected chi connectivity index (χ1v) is 5.84. The quantitative estimate of drug-likeness (QED) is 0.816. The van der Waals surface area contributed by atoms with Crippen molar-refractivity contribution in [2.24, 2.45) is 0 Å². The molecule has 0 atom stereocenters. The molecule has 1 aromatic rings. The Kier molecular flexibility index (Phi) is 5.66. The summed E-state index contributed by atoms with van der Waals surface area (Å²) in [5.41, 5.74) is 0.652. The Morgan fingerprint density at radius 3 is 1.88 bits per heavy atom. The highest BCUT2D eigenvalue weighted by molar-refractivity contribution is 6.44. The highest BCUT2D eigenvalue weighted by Gasteiger charge is 2.12. The molecule has 0 fully saturated rings. The minimum atomic E-state index is -0.0312. The summed E-state index contributed by atoms with van der Waals surface area (Å²) in [5.74, 6) is 0. The van der Waals surface area contributed by atoms with Gasteiger partial charge in [0.1, 0.15) is 0 Å². The van der Waals surface area contributed by atoms with Gasteiger partial charge >= 0.3 is 0 Å². The molecule has 0 aromatic heterocycles. The maximum atomic E-state index is 8.91. The van der Waals surface area contributed by atoms with Crippen LogP contribution in [-0.2, 0) is 0 Å². The lowest BCUT2D eigenvalue weighted by Crippen LogP contribution is -2.29. The number of nitrogens with zero attached hydrogens (tertiary/aromatic N) is 1. The Morgan fingerprint density at radius 1 is 0.875 bits per heavy atom. The molecule has 90 valence electrons. The molecular formula is C10H12Cl3NO2. The smallest absolute Gasteiger partial charge is 0.0655 e. The molecule has 6 heteroatoms. The molecule has 0 saturated heterocycles. The van der Waals surface area contributed by atoms with Gasteiger partial charge in [-0.25, -0.2) is 0 Å². The van der Waals surface area contributed by atoms with Crippen molar-refractivity contribution in [2.45, 2.75) is 0 Å². The molecule has 0 aliphatic rings. The van der Waals surface area contributed by atoms with Crippen molar-refractivity contribution in [1.29, 1.82) is 0 Å². The summed E-state index contributed by atoms with van der Waals surface area (Å²) < 4.78 is 0. The van der Waals surface area contributed by atoms with E-state index in [1.165, 1.54) is 0 Å². The number of hydrogen-bond donors (Lipinski definition) is 2. The van der Waals surface area contributed by atoms with Crippen LogP contribution in [0.2, 0.25) is 15.1 Å². The Morgan fingerprint density at radius 2 is 1.38 bits per heavy atom. The van der Waals surface area contributed by atoms with Crippen LogP contribution < -0.4 is 4.90 Å². The maximum Gasteiger partial charge on any atom is 0.0655 e. The predicted octanol–water partition coefficient (Wildman–Crippen LogP) is 2.44. The predicted molar refractivity (Wildman–Crippen MR) is 67.9 cm³/mol. The van der Waals surface area contributed by atoms with Gasteiger partial charge in [0.15, 0.2) is 0 Å². The van der Waals surface area contributed by atoms with Crippen molar-refractivity contribution in [3.63, 3.8) is 0 Å². The SMILES string of the molecule is OCCN(CCO)c1cc(Cl)c(Cl)cc1Cl. The average molecular weight is 285 g/mol. The van der Waals surface area contributed by atoms with Crippen molar-refractivity contribution in [3.8, 4) is 0 Å². The van der Waals surface area contributed by atoms with E-state index >= 15 is 0 Å².